The van der Waals surface area contributed by atoms with Crippen LogP contribution in [0.25, 0.3) is 0 Å². The fourth-order valence-electron chi connectivity index (χ4n) is 4.98. The second kappa shape index (κ2) is 44.2. The van der Waals surface area contributed by atoms with Crippen molar-refractivity contribution >= 4 is 19.8 Å². The van der Waals surface area contributed by atoms with Gasteiger partial charge in [-0.2, -0.15) is 0 Å². The average molecular weight is 869 g/mol. The molecule has 11 heteroatoms. The van der Waals surface area contributed by atoms with Gasteiger partial charge in [0.1, 0.15) is 12.7 Å². The van der Waals surface area contributed by atoms with Crippen molar-refractivity contribution < 1.29 is 47.8 Å². The van der Waals surface area contributed by atoms with Crippen LogP contribution >= 0.6 is 7.82 Å². The maximum absolute atomic E-state index is 12.6. The van der Waals surface area contributed by atoms with Crippen LogP contribution in [-0.4, -0.2) is 65.7 Å². The van der Waals surface area contributed by atoms with E-state index in [1.54, 1.807) is 0 Å². The van der Waals surface area contributed by atoms with Crippen LogP contribution in [0.4, 0.5) is 0 Å². The van der Waals surface area contributed by atoms with Gasteiger partial charge in [0.15, 0.2) is 6.10 Å². The minimum atomic E-state index is -4.66. The molecule has 0 aromatic heterocycles. The maximum Gasteiger partial charge on any atom is 0.472 e. The highest BCUT2D eigenvalue weighted by molar-refractivity contribution is 7.47. The van der Waals surface area contributed by atoms with Crippen molar-refractivity contribution in [1.82, 2.24) is 0 Å². The van der Waals surface area contributed by atoms with Crippen molar-refractivity contribution in [3.63, 3.8) is 0 Å². The second-order valence-corrected chi connectivity index (χ2v) is 15.4. The zero-order valence-electron chi connectivity index (χ0n) is 37.1. The summed E-state index contributed by atoms with van der Waals surface area (Å²) in [5.41, 5.74) is 0. The summed E-state index contributed by atoms with van der Waals surface area (Å²) in [5, 5.41) is 18.3. The molecule has 3 N–H and O–H groups in total. The van der Waals surface area contributed by atoms with Crippen molar-refractivity contribution in [3.05, 3.63) is 134 Å². The van der Waals surface area contributed by atoms with E-state index in [0.717, 1.165) is 89.9 Å². The number of ether oxygens (including phenoxy) is 2. The minimum absolute atomic E-state index is 0.0421. The van der Waals surface area contributed by atoms with Gasteiger partial charge in [0.2, 0.25) is 0 Å². The number of rotatable bonds is 39. The summed E-state index contributed by atoms with van der Waals surface area (Å²) in [4.78, 5) is 35.0. The molecule has 0 aliphatic carbocycles. The molecule has 0 fully saturated rings. The summed E-state index contributed by atoms with van der Waals surface area (Å²) in [6.45, 7) is 1.99. The molecule has 0 aromatic rings. The van der Waals surface area contributed by atoms with Gasteiger partial charge in [-0.05, 0) is 96.3 Å². The molecule has 0 saturated heterocycles. The highest BCUT2D eigenvalue weighted by Crippen LogP contribution is 2.43. The lowest BCUT2D eigenvalue weighted by atomic mass is 10.1. The fourth-order valence-corrected chi connectivity index (χ4v) is 5.77. The molecule has 0 aliphatic rings. The van der Waals surface area contributed by atoms with E-state index in [4.69, 9.17) is 19.1 Å². The van der Waals surface area contributed by atoms with Gasteiger partial charge in [-0.15, -0.1) is 0 Å². The topological polar surface area (TPSA) is 149 Å². The van der Waals surface area contributed by atoms with E-state index in [1.807, 2.05) is 12.2 Å². The Balaban J connectivity index is 4.51. The van der Waals surface area contributed by atoms with E-state index < -0.39 is 51.8 Å². The molecule has 0 aliphatic heterocycles. The lowest BCUT2D eigenvalue weighted by Crippen LogP contribution is -2.29. The van der Waals surface area contributed by atoms with E-state index in [0.29, 0.717) is 12.8 Å². The first-order valence-corrected chi connectivity index (χ1v) is 23.6. The van der Waals surface area contributed by atoms with Crippen LogP contribution < -0.4 is 0 Å². The maximum atomic E-state index is 12.6. The smallest absolute Gasteiger partial charge is 0.462 e. The van der Waals surface area contributed by atoms with E-state index in [9.17, 15) is 24.2 Å². The molecule has 0 radical (unpaired) electrons. The van der Waals surface area contributed by atoms with Crippen molar-refractivity contribution in [2.75, 3.05) is 26.4 Å². The van der Waals surface area contributed by atoms with Gasteiger partial charge in [-0.3, -0.25) is 18.6 Å². The van der Waals surface area contributed by atoms with Crippen LogP contribution in [0, 0.1) is 0 Å². The zero-order chi connectivity index (χ0) is 44.8. The Morgan fingerprint density at radius 3 is 1.31 bits per heavy atom. The molecule has 0 rings (SSSR count). The Morgan fingerprint density at radius 2 is 0.885 bits per heavy atom. The van der Waals surface area contributed by atoms with Crippen molar-refractivity contribution in [2.45, 2.75) is 142 Å². The molecular formula is C50H77O10P. The number of allylic oxidation sites excluding steroid dienone is 22. The van der Waals surface area contributed by atoms with Crippen LogP contribution in [0.2, 0.25) is 0 Å². The van der Waals surface area contributed by atoms with E-state index in [-0.39, 0.29) is 19.4 Å². The van der Waals surface area contributed by atoms with Crippen LogP contribution in [-0.2, 0) is 32.7 Å². The molecular weight excluding hydrogens is 792 g/mol. The van der Waals surface area contributed by atoms with Gasteiger partial charge >= 0.3 is 19.8 Å². The van der Waals surface area contributed by atoms with E-state index >= 15 is 0 Å². The van der Waals surface area contributed by atoms with Crippen molar-refractivity contribution in [1.29, 1.82) is 0 Å². The molecule has 10 nitrogen and oxygen atoms in total. The first-order valence-electron chi connectivity index (χ1n) is 22.1. The van der Waals surface area contributed by atoms with E-state index in [1.165, 1.54) is 0 Å². The summed E-state index contributed by atoms with van der Waals surface area (Å²) < 4.78 is 32.6. The quantitative estimate of drug-likeness (QED) is 0.0236. The Morgan fingerprint density at radius 1 is 0.492 bits per heavy atom. The molecule has 342 valence electrons. The lowest BCUT2D eigenvalue weighted by molar-refractivity contribution is -0.161. The normalized spacial score (nSPS) is 15.0. The number of phosphoric acid groups is 1. The Labute approximate surface area is 368 Å². The lowest BCUT2D eigenvalue weighted by Gasteiger charge is -2.20. The van der Waals surface area contributed by atoms with Crippen LogP contribution in [0.3, 0.4) is 0 Å². The molecule has 61 heavy (non-hydrogen) atoms. The van der Waals surface area contributed by atoms with Gasteiger partial charge in [0.05, 0.1) is 19.8 Å². The van der Waals surface area contributed by atoms with Gasteiger partial charge in [0, 0.05) is 12.8 Å². The molecule has 3 atom stereocenters. The zero-order valence-corrected chi connectivity index (χ0v) is 38.0. The number of carbonyl (C=O) groups is 2. The third kappa shape index (κ3) is 44.0. The molecule has 0 saturated carbocycles. The summed E-state index contributed by atoms with van der Waals surface area (Å²) in [6, 6.07) is 0. The molecule has 0 heterocycles. The number of phosphoric ester groups is 1. The molecule has 0 aromatic carbocycles. The third-order valence-electron chi connectivity index (χ3n) is 8.31. The number of hydrogen-bond acceptors (Lipinski definition) is 9. The predicted molar refractivity (Wildman–Crippen MR) is 251 cm³/mol. The van der Waals surface area contributed by atoms with Crippen molar-refractivity contribution in [3.8, 4) is 0 Å². The van der Waals surface area contributed by atoms with Gasteiger partial charge < -0.3 is 24.6 Å². The Kier molecular flexibility index (Phi) is 41.4. The summed E-state index contributed by atoms with van der Waals surface area (Å²) in [5.74, 6) is -1.08. The highest BCUT2D eigenvalue weighted by atomic mass is 31.2. The van der Waals surface area contributed by atoms with Crippen molar-refractivity contribution in [2.24, 2.45) is 0 Å². The SMILES string of the molecule is CC/C=C/C/C=C/C/C=C/C/C=C/C/C=C/C/C=C/CCC(=O)O[C@H](COC(=O)CCCCC/C=C/C/C=C/C/C=C/C/C=C/C/C=C/CC)COP(=O)(O)OC[C@@H](O)CO. The number of esters is 2. The van der Waals surface area contributed by atoms with Gasteiger partial charge in [0.25, 0.3) is 0 Å². The number of carbonyl (C=O) groups excluding carboxylic acids is 2. The molecule has 0 spiro atoms. The summed E-state index contributed by atoms with van der Waals surface area (Å²) in [7, 11) is -4.66. The minimum Gasteiger partial charge on any atom is -0.462 e. The van der Waals surface area contributed by atoms with Gasteiger partial charge in [-0.25, -0.2) is 4.57 Å². The number of hydrogen-bond donors (Lipinski definition) is 3. The van der Waals surface area contributed by atoms with Crippen LogP contribution in [0.5, 0.6) is 0 Å². The largest absolute Gasteiger partial charge is 0.472 e. The standard InChI is InChI=1S/C50H77O10P/c1-3-5-7-9-11-13-15-17-19-21-23-25-27-29-31-33-35-37-39-41-49(53)57-45-48(46-59-61(55,56)58-44-47(52)43-51)60-50(54)42-40-38-36-34-32-30-28-26-24-22-20-18-16-14-12-10-8-6-4-2/h5-8,11-14,17-20,23-26,29-32,36,38,47-48,51-52H,3-4,9-10,15-16,21-22,27-28,33-35,37,39-46H2,1-2H3,(H,55,56)/b7-5+,8-6+,13-11+,14-12+,19-17+,20-18+,25-23+,26-24+,31-29+,32-30+,38-36+/t47-,48+/m0/s1. The van der Waals surface area contributed by atoms with Crippen LogP contribution in [0.1, 0.15) is 129 Å². The number of aliphatic hydroxyl groups excluding tert-OH is 2. The third-order valence-corrected chi connectivity index (χ3v) is 9.26. The monoisotopic (exact) mass is 869 g/mol. The molecule has 0 bridgehead atoms. The molecule has 0 amide bonds. The Hall–Kier alpha value is -3.89. The first-order chi connectivity index (χ1) is 29.7. The van der Waals surface area contributed by atoms with E-state index in [2.05, 4.69) is 140 Å². The average Bonchev–Trinajstić information content (AvgIpc) is 3.25. The second-order valence-electron chi connectivity index (χ2n) is 14.0. The summed E-state index contributed by atoms with van der Waals surface area (Å²) >= 11 is 0. The fraction of sp³-hybridized carbons (Fsp3) is 0.520. The molecule has 1 unspecified atom stereocenters. The predicted octanol–water partition coefficient (Wildman–Crippen LogP) is 12.1. The van der Waals surface area contributed by atoms with Crippen LogP contribution in [0.15, 0.2) is 134 Å². The Bertz CT molecular complexity index is 1460. The summed E-state index contributed by atoms with van der Waals surface area (Å²) in [6.07, 6.45) is 58.6. The van der Waals surface area contributed by atoms with Gasteiger partial charge in [-0.1, -0.05) is 154 Å². The first kappa shape index (κ1) is 57.1. The number of aliphatic hydroxyl groups is 2. The highest BCUT2D eigenvalue weighted by Gasteiger charge is 2.27. The number of unbranched alkanes of at least 4 members (excludes halogenated alkanes) is 3.